The first-order valence-corrected chi connectivity index (χ1v) is 11.5. The summed E-state index contributed by atoms with van der Waals surface area (Å²) in [4.78, 5) is 9.28. The minimum Gasteiger partial charge on any atom is -0.493 e. The number of benzene rings is 3. The SMILES string of the molecule is COc1cccc(C=Cc2nc3ccccc3n2-c2ccc(C#N)cn2)c1OCc1ccccc1C#N. The highest BCUT2D eigenvalue weighted by atomic mass is 16.5. The van der Waals surface area contributed by atoms with Crippen molar-refractivity contribution in [2.24, 2.45) is 0 Å². The van der Waals surface area contributed by atoms with Gasteiger partial charge in [0.1, 0.15) is 24.3 Å². The highest BCUT2D eigenvalue weighted by Crippen LogP contribution is 2.33. The van der Waals surface area contributed by atoms with Crippen molar-refractivity contribution in [3.8, 4) is 29.5 Å². The molecular weight excluding hydrogens is 462 g/mol. The van der Waals surface area contributed by atoms with Crippen LogP contribution in [-0.4, -0.2) is 21.6 Å². The number of hydrogen-bond acceptors (Lipinski definition) is 6. The van der Waals surface area contributed by atoms with E-state index >= 15 is 0 Å². The number of nitriles is 2. The maximum absolute atomic E-state index is 9.42. The lowest BCUT2D eigenvalue weighted by Gasteiger charge is -2.14. The van der Waals surface area contributed by atoms with Crippen molar-refractivity contribution in [1.29, 1.82) is 10.5 Å². The highest BCUT2D eigenvalue weighted by Gasteiger charge is 2.14. The molecule has 0 fully saturated rings. The van der Waals surface area contributed by atoms with Gasteiger partial charge in [-0.1, -0.05) is 42.5 Å². The Balaban J connectivity index is 1.54. The topological polar surface area (TPSA) is 96.8 Å². The Morgan fingerprint density at radius 1 is 0.892 bits per heavy atom. The Hall–Kier alpha value is -5.40. The van der Waals surface area contributed by atoms with Crippen molar-refractivity contribution in [3.63, 3.8) is 0 Å². The summed E-state index contributed by atoms with van der Waals surface area (Å²) >= 11 is 0. The van der Waals surface area contributed by atoms with E-state index < -0.39 is 0 Å². The van der Waals surface area contributed by atoms with E-state index in [1.165, 1.54) is 0 Å². The quantitative estimate of drug-likeness (QED) is 0.285. The van der Waals surface area contributed by atoms with Gasteiger partial charge in [0.2, 0.25) is 0 Å². The molecule has 0 bridgehead atoms. The molecule has 37 heavy (non-hydrogen) atoms. The number of aromatic nitrogens is 3. The van der Waals surface area contributed by atoms with E-state index in [0.717, 1.165) is 22.2 Å². The van der Waals surface area contributed by atoms with Crippen LogP contribution in [-0.2, 0) is 6.61 Å². The first-order valence-electron chi connectivity index (χ1n) is 11.5. The third-order valence-corrected chi connectivity index (χ3v) is 5.84. The third-order valence-electron chi connectivity index (χ3n) is 5.84. The molecule has 0 N–H and O–H groups in total. The number of pyridine rings is 1. The summed E-state index contributed by atoms with van der Waals surface area (Å²) in [5.74, 6) is 2.47. The highest BCUT2D eigenvalue weighted by molar-refractivity contribution is 5.82. The Kier molecular flexibility index (Phi) is 6.61. The molecule has 0 radical (unpaired) electrons. The summed E-state index contributed by atoms with van der Waals surface area (Å²) in [5, 5.41) is 18.6. The number of fused-ring (bicyclic) bond motifs is 1. The number of methoxy groups -OCH3 is 1. The molecule has 0 spiro atoms. The molecule has 178 valence electrons. The van der Waals surface area contributed by atoms with Gasteiger partial charge >= 0.3 is 0 Å². The fourth-order valence-electron chi connectivity index (χ4n) is 4.03. The first kappa shape index (κ1) is 23.3. The molecule has 7 heteroatoms. The molecule has 0 saturated carbocycles. The molecule has 0 unspecified atom stereocenters. The zero-order valence-electron chi connectivity index (χ0n) is 20.0. The van der Waals surface area contributed by atoms with Gasteiger partial charge in [0.15, 0.2) is 11.5 Å². The zero-order valence-corrected chi connectivity index (χ0v) is 20.0. The lowest BCUT2D eigenvalue weighted by molar-refractivity contribution is 0.283. The van der Waals surface area contributed by atoms with Crippen molar-refractivity contribution in [2.75, 3.05) is 7.11 Å². The number of nitrogens with zero attached hydrogens (tertiary/aromatic N) is 5. The van der Waals surface area contributed by atoms with Crippen LogP contribution in [0.2, 0.25) is 0 Å². The van der Waals surface area contributed by atoms with Crippen LogP contribution in [0.15, 0.2) is 85.1 Å². The van der Waals surface area contributed by atoms with E-state index in [9.17, 15) is 5.26 Å². The summed E-state index contributed by atoms with van der Waals surface area (Å²) in [6.45, 7) is 0.221. The lowest BCUT2D eigenvalue weighted by atomic mass is 10.1. The predicted octanol–water partition coefficient (Wildman–Crippen LogP) is 5.92. The number of rotatable bonds is 7. The van der Waals surface area contributed by atoms with Gasteiger partial charge in [-0.25, -0.2) is 9.97 Å². The van der Waals surface area contributed by atoms with Crippen molar-refractivity contribution >= 4 is 23.2 Å². The second-order valence-corrected chi connectivity index (χ2v) is 8.08. The maximum Gasteiger partial charge on any atom is 0.168 e. The zero-order chi connectivity index (χ0) is 25.6. The normalized spacial score (nSPS) is 10.8. The molecule has 2 heterocycles. The molecule has 5 rings (SSSR count). The average molecular weight is 484 g/mol. The van der Waals surface area contributed by atoms with Gasteiger partial charge in [-0.3, -0.25) is 4.57 Å². The molecule has 0 aliphatic heterocycles. The monoisotopic (exact) mass is 483 g/mol. The molecule has 0 saturated heterocycles. The summed E-state index contributed by atoms with van der Waals surface area (Å²) in [6, 6.07) is 28.6. The minimum atomic E-state index is 0.221. The van der Waals surface area contributed by atoms with Gasteiger partial charge in [-0.05, 0) is 48.6 Å². The number of hydrogen-bond donors (Lipinski definition) is 0. The van der Waals surface area contributed by atoms with Gasteiger partial charge in [0.25, 0.3) is 0 Å². The van der Waals surface area contributed by atoms with Crippen LogP contribution in [0.4, 0.5) is 0 Å². The molecule has 5 aromatic rings. The summed E-state index contributed by atoms with van der Waals surface area (Å²) in [6.07, 6.45) is 5.35. The second-order valence-electron chi connectivity index (χ2n) is 8.08. The Labute approximate surface area is 214 Å². The first-order chi connectivity index (χ1) is 18.2. The third kappa shape index (κ3) is 4.75. The minimum absolute atomic E-state index is 0.221. The predicted molar refractivity (Wildman–Crippen MR) is 141 cm³/mol. The average Bonchev–Trinajstić information content (AvgIpc) is 3.33. The van der Waals surface area contributed by atoms with Gasteiger partial charge in [0, 0.05) is 17.3 Å². The van der Waals surface area contributed by atoms with Crippen molar-refractivity contribution in [3.05, 3.63) is 113 Å². The van der Waals surface area contributed by atoms with E-state index in [2.05, 4.69) is 17.1 Å². The van der Waals surface area contributed by atoms with Crippen LogP contribution in [0.3, 0.4) is 0 Å². The van der Waals surface area contributed by atoms with E-state index in [4.69, 9.17) is 19.7 Å². The van der Waals surface area contributed by atoms with Gasteiger partial charge in [-0.15, -0.1) is 0 Å². The van der Waals surface area contributed by atoms with Crippen LogP contribution < -0.4 is 9.47 Å². The molecular formula is C30H21N5O2. The van der Waals surface area contributed by atoms with Gasteiger partial charge in [-0.2, -0.15) is 10.5 Å². The van der Waals surface area contributed by atoms with E-state index in [1.807, 2.05) is 77.4 Å². The molecule has 2 aromatic heterocycles. The fraction of sp³-hybridized carbons (Fsp3) is 0.0667. The Morgan fingerprint density at radius 3 is 2.51 bits per heavy atom. The van der Waals surface area contributed by atoms with Gasteiger partial charge in [0.05, 0.1) is 35.3 Å². The number of para-hydroxylation sites is 3. The summed E-state index contributed by atoms with van der Waals surface area (Å²) in [5.41, 5.74) is 4.36. The summed E-state index contributed by atoms with van der Waals surface area (Å²) < 4.78 is 13.7. The van der Waals surface area contributed by atoms with Crippen LogP contribution in [0, 0.1) is 22.7 Å². The van der Waals surface area contributed by atoms with Crippen LogP contribution >= 0.6 is 0 Å². The van der Waals surface area contributed by atoms with Crippen LogP contribution in [0.5, 0.6) is 11.5 Å². The Morgan fingerprint density at radius 2 is 1.73 bits per heavy atom. The maximum atomic E-state index is 9.42. The van der Waals surface area contributed by atoms with Crippen molar-refractivity contribution in [2.45, 2.75) is 6.61 Å². The molecule has 3 aromatic carbocycles. The largest absolute Gasteiger partial charge is 0.493 e. The van der Waals surface area contributed by atoms with E-state index in [1.54, 1.807) is 31.5 Å². The van der Waals surface area contributed by atoms with Crippen molar-refractivity contribution in [1.82, 2.24) is 14.5 Å². The molecule has 0 atom stereocenters. The molecule has 0 amide bonds. The second kappa shape index (κ2) is 10.5. The van der Waals surface area contributed by atoms with Crippen molar-refractivity contribution < 1.29 is 9.47 Å². The molecule has 0 aliphatic rings. The fourth-order valence-corrected chi connectivity index (χ4v) is 4.03. The number of ether oxygens (including phenoxy) is 2. The number of imidazole rings is 1. The smallest absolute Gasteiger partial charge is 0.168 e. The Bertz CT molecular complexity index is 1690. The van der Waals surface area contributed by atoms with Gasteiger partial charge < -0.3 is 9.47 Å². The van der Waals surface area contributed by atoms with Crippen LogP contribution in [0.25, 0.3) is 29.0 Å². The molecule has 7 nitrogen and oxygen atoms in total. The molecule has 0 aliphatic carbocycles. The standard InChI is InChI=1S/C30H21N5O2/c1-36-27-12-6-9-22(30(27)37-20-24-8-3-2-7-23(24)18-32)14-16-29-34-25-10-4-5-11-26(25)35(29)28-15-13-21(17-31)19-33-28/h2-16,19H,20H2,1H3. The van der Waals surface area contributed by atoms with E-state index in [0.29, 0.717) is 34.3 Å². The summed E-state index contributed by atoms with van der Waals surface area (Å²) in [7, 11) is 1.59. The lowest BCUT2D eigenvalue weighted by Crippen LogP contribution is -2.02. The van der Waals surface area contributed by atoms with Crippen LogP contribution in [0.1, 0.15) is 28.1 Å². The van der Waals surface area contributed by atoms with E-state index in [-0.39, 0.29) is 6.61 Å².